The molecule has 0 radical (unpaired) electrons. The summed E-state index contributed by atoms with van der Waals surface area (Å²) in [6.45, 7) is 7.88. The van der Waals surface area contributed by atoms with Crippen LogP contribution in [0.1, 0.15) is 36.2 Å². The van der Waals surface area contributed by atoms with Crippen LogP contribution >= 0.6 is 0 Å². The van der Waals surface area contributed by atoms with Crippen molar-refractivity contribution in [2.24, 2.45) is 5.41 Å². The van der Waals surface area contributed by atoms with E-state index in [1.54, 1.807) is 0 Å². The topological polar surface area (TPSA) is 29.5 Å². The highest BCUT2D eigenvalue weighted by atomic mass is 16.5. The molecule has 3 nitrogen and oxygen atoms in total. The third-order valence-corrected chi connectivity index (χ3v) is 4.14. The van der Waals surface area contributed by atoms with Crippen LogP contribution in [0.15, 0.2) is 18.2 Å². The van der Waals surface area contributed by atoms with Crippen molar-refractivity contribution in [1.29, 1.82) is 0 Å². The van der Waals surface area contributed by atoms with Crippen LogP contribution in [0.3, 0.4) is 0 Å². The van der Waals surface area contributed by atoms with E-state index in [0.29, 0.717) is 12.0 Å². The second kappa shape index (κ2) is 4.64. The number of rotatable bonds is 3. The molecule has 0 unspecified atom stereocenters. The first kappa shape index (κ1) is 12.7. The lowest BCUT2D eigenvalue weighted by atomic mass is 9.93. The van der Waals surface area contributed by atoms with E-state index in [9.17, 15) is 4.79 Å². The smallest absolute Gasteiger partial charge is 0.176 e. The summed E-state index contributed by atoms with van der Waals surface area (Å²) >= 11 is 0. The first-order chi connectivity index (χ1) is 9.03. The van der Waals surface area contributed by atoms with Crippen molar-refractivity contribution < 1.29 is 9.53 Å². The van der Waals surface area contributed by atoms with Gasteiger partial charge in [0.1, 0.15) is 5.75 Å². The number of fused-ring (bicyclic) bond motifs is 1. The Labute approximate surface area is 114 Å². The summed E-state index contributed by atoms with van der Waals surface area (Å²) in [5.74, 6) is 1.17. The quantitative estimate of drug-likeness (QED) is 0.781. The molecule has 3 heteroatoms. The molecule has 0 bridgehead atoms. The van der Waals surface area contributed by atoms with Crippen LogP contribution < -0.4 is 4.74 Å². The SMILES string of the molecule is CC1(C)CCN(CC(=O)c2ccc3c(c2)CCO3)C1. The Bertz CT molecular complexity index is 507. The van der Waals surface area contributed by atoms with Gasteiger partial charge in [0, 0.05) is 18.5 Å². The summed E-state index contributed by atoms with van der Waals surface area (Å²) < 4.78 is 5.47. The van der Waals surface area contributed by atoms with Gasteiger partial charge in [0.15, 0.2) is 5.78 Å². The number of hydrogen-bond donors (Lipinski definition) is 0. The van der Waals surface area contributed by atoms with Crippen LogP contribution in [0.2, 0.25) is 0 Å². The number of nitrogens with zero attached hydrogens (tertiary/aromatic N) is 1. The molecule has 0 aliphatic carbocycles. The van der Waals surface area contributed by atoms with E-state index in [1.165, 1.54) is 12.0 Å². The maximum Gasteiger partial charge on any atom is 0.176 e. The summed E-state index contributed by atoms with van der Waals surface area (Å²) in [6.07, 6.45) is 2.10. The summed E-state index contributed by atoms with van der Waals surface area (Å²) in [6, 6.07) is 5.84. The molecule has 1 fully saturated rings. The first-order valence-electron chi connectivity index (χ1n) is 7.05. The third kappa shape index (κ3) is 2.66. The number of ketones is 1. The average Bonchev–Trinajstić information content (AvgIpc) is 2.94. The lowest BCUT2D eigenvalue weighted by Crippen LogP contribution is -2.29. The van der Waals surface area contributed by atoms with Crippen molar-refractivity contribution in [2.45, 2.75) is 26.7 Å². The molecule has 19 heavy (non-hydrogen) atoms. The van der Waals surface area contributed by atoms with Gasteiger partial charge < -0.3 is 4.74 Å². The van der Waals surface area contributed by atoms with Crippen molar-refractivity contribution in [1.82, 2.24) is 4.90 Å². The second-order valence-corrected chi connectivity index (χ2v) is 6.47. The minimum Gasteiger partial charge on any atom is -0.493 e. The fourth-order valence-electron chi connectivity index (χ4n) is 3.01. The van der Waals surface area contributed by atoms with Gasteiger partial charge in [-0.2, -0.15) is 0 Å². The maximum absolute atomic E-state index is 12.3. The average molecular weight is 259 g/mol. The van der Waals surface area contributed by atoms with Gasteiger partial charge in [-0.3, -0.25) is 9.69 Å². The van der Waals surface area contributed by atoms with E-state index < -0.39 is 0 Å². The van der Waals surface area contributed by atoms with Gasteiger partial charge in [0.05, 0.1) is 13.2 Å². The highest BCUT2D eigenvalue weighted by Crippen LogP contribution is 2.29. The molecule has 2 aliphatic rings. The molecule has 1 saturated heterocycles. The molecule has 1 aromatic carbocycles. The molecule has 0 amide bonds. The van der Waals surface area contributed by atoms with Gasteiger partial charge >= 0.3 is 0 Å². The molecule has 0 saturated carbocycles. The standard InChI is InChI=1S/C16H21NO2/c1-16(2)6-7-17(11-16)10-14(18)12-3-4-15-13(9-12)5-8-19-15/h3-4,9H,5-8,10-11H2,1-2H3. The molecule has 3 rings (SSSR count). The fraction of sp³-hybridized carbons (Fsp3) is 0.562. The zero-order valence-corrected chi connectivity index (χ0v) is 11.7. The van der Waals surface area contributed by atoms with Crippen molar-refractivity contribution >= 4 is 5.78 Å². The largest absolute Gasteiger partial charge is 0.493 e. The summed E-state index contributed by atoms with van der Waals surface area (Å²) in [5, 5.41) is 0. The van der Waals surface area contributed by atoms with Gasteiger partial charge in [-0.15, -0.1) is 0 Å². The number of benzene rings is 1. The lowest BCUT2D eigenvalue weighted by Gasteiger charge is -2.19. The van der Waals surface area contributed by atoms with Crippen molar-refractivity contribution in [2.75, 3.05) is 26.2 Å². The van der Waals surface area contributed by atoms with Crippen molar-refractivity contribution in [3.63, 3.8) is 0 Å². The molecular formula is C16H21NO2. The highest BCUT2D eigenvalue weighted by Gasteiger charge is 2.30. The Hall–Kier alpha value is -1.35. The fourth-order valence-corrected chi connectivity index (χ4v) is 3.01. The Morgan fingerprint density at radius 1 is 1.42 bits per heavy atom. The predicted octanol–water partition coefficient (Wildman–Crippen LogP) is 2.54. The van der Waals surface area contributed by atoms with E-state index in [-0.39, 0.29) is 5.78 Å². The van der Waals surface area contributed by atoms with Gasteiger partial charge in [-0.05, 0) is 42.1 Å². The zero-order valence-electron chi connectivity index (χ0n) is 11.7. The van der Waals surface area contributed by atoms with E-state index in [0.717, 1.165) is 37.4 Å². The normalized spacial score (nSPS) is 21.2. The summed E-state index contributed by atoms with van der Waals surface area (Å²) in [4.78, 5) is 14.6. The van der Waals surface area contributed by atoms with E-state index in [4.69, 9.17) is 4.74 Å². The number of likely N-dealkylation sites (tertiary alicyclic amines) is 1. The minimum absolute atomic E-state index is 0.229. The van der Waals surface area contributed by atoms with Crippen LogP contribution in [-0.2, 0) is 6.42 Å². The lowest BCUT2D eigenvalue weighted by molar-refractivity contribution is 0.0940. The van der Waals surface area contributed by atoms with Crippen LogP contribution in [-0.4, -0.2) is 36.9 Å². The molecule has 0 spiro atoms. The molecule has 2 aliphatic heterocycles. The van der Waals surface area contributed by atoms with Crippen LogP contribution in [0, 0.1) is 5.41 Å². The Kier molecular flexibility index (Phi) is 3.09. The number of carbonyl (C=O) groups is 1. The number of Topliss-reactive ketones (excluding diaryl/α,β-unsaturated/α-hetero) is 1. The predicted molar refractivity (Wildman–Crippen MR) is 74.8 cm³/mol. The van der Waals surface area contributed by atoms with E-state index >= 15 is 0 Å². The molecule has 102 valence electrons. The van der Waals surface area contributed by atoms with Crippen molar-refractivity contribution in [3.05, 3.63) is 29.3 Å². The molecule has 1 aromatic rings. The first-order valence-corrected chi connectivity index (χ1v) is 7.05. The Morgan fingerprint density at radius 3 is 3.00 bits per heavy atom. The number of hydrogen-bond acceptors (Lipinski definition) is 3. The van der Waals surface area contributed by atoms with Gasteiger partial charge in [-0.25, -0.2) is 0 Å². The Morgan fingerprint density at radius 2 is 2.26 bits per heavy atom. The molecule has 0 atom stereocenters. The summed E-state index contributed by atoms with van der Waals surface area (Å²) in [7, 11) is 0. The van der Waals surface area contributed by atoms with Crippen LogP contribution in [0.25, 0.3) is 0 Å². The second-order valence-electron chi connectivity index (χ2n) is 6.47. The monoisotopic (exact) mass is 259 g/mol. The van der Waals surface area contributed by atoms with Crippen LogP contribution in [0.5, 0.6) is 5.75 Å². The third-order valence-electron chi connectivity index (χ3n) is 4.14. The van der Waals surface area contributed by atoms with Gasteiger partial charge in [-0.1, -0.05) is 13.8 Å². The summed E-state index contributed by atoms with van der Waals surface area (Å²) in [5.41, 5.74) is 2.35. The number of carbonyl (C=O) groups excluding carboxylic acids is 1. The molecule has 0 aromatic heterocycles. The van der Waals surface area contributed by atoms with Gasteiger partial charge in [0.2, 0.25) is 0 Å². The molecule has 0 N–H and O–H groups in total. The molecule has 2 heterocycles. The van der Waals surface area contributed by atoms with Gasteiger partial charge in [0.25, 0.3) is 0 Å². The number of ether oxygens (including phenoxy) is 1. The highest BCUT2D eigenvalue weighted by molar-refractivity contribution is 5.98. The van der Waals surface area contributed by atoms with Crippen LogP contribution in [0.4, 0.5) is 0 Å². The van der Waals surface area contributed by atoms with Crippen molar-refractivity contribution in [3.8, 4) is 5.75 Å². The minimum atomic E-state index is 0.229. The van der Waals surface area contributed by atoms with E-state index in [1.807, 2.05) is 18.2 Å². The Balaban J connectivity index is 1.68. The van der Waals surface area contributed by atoms with E-state index in [2.05, 4.69) is 18.7 Å². The zero-order chi connectivity index (χ0) is 13.5. The molecular weight excluding hydrogens is 238 g/mol. The maximum atomic E-state index is 12.3.